The third-order valence-electron chi connectivity index (χ3n) is 5.57. The molecule has 2 heterocycles. The number of piperidine rings is 1. The molecule has 1 unspecified atom stereocenters. The van der Waals surface area contributed by atoms with Gasteiger partial charge < -0.3 is 10.2 Å². The molecule has 5 heteroatoms. The Balaban J connectivity index is 1.51. The number of aromatic nitrogens is 2. The lowest BCUT2D eigenvalue weighted by molar-refractivity contribution is 0.0705. The summed E-state index contributed by atoms with van der Waals surface area (Å²) in [4.78, 5) is 24.1. The molecule has 148 valence electrons. The Morgan fingerprint density at radius 2 is 1.79 bits per heavy atom. The van der Waals surface area contributed by atoms with E-state index in [0.717, 1.165) is 47.5 Å². The van der Waals surface area contributed by atoms with Gasteiger partial charge in [0.25, 0.3) is 5.91 Å². The number of hydrogen-bond acceptors (Lipinski definition) is 4. The van der Waals surface area contributed by atoms with Crippen LogP contribution in [0.15, 0.2) is 60.8 Å². The highest BCUT2D eigenvalue weighted by Crippen LogP contribution is 2.28. The van der Waals surface area contributed by atoms with Gasteiger partial charge in [0.15, 0.2) is 0 Å². The van der Waals surface area contributed by atoms with Gasteiger partial charge in [0.05, 0.1) is 5.69 Å². The van der Waals surface area contributed by atoms with Crippen LogP contribution in [-0.2, 0) is 0 Å². The molecule has 1 saturated heterocycles. The van der Waals surface area contributed by atoms with Crippen LogP contribution >= 0.6 is 0 Å². The van der Waals surface area contributed by atoms with E-state index in [1.807, 2.05) is 60.4 Å². The third-order valence-corrected chi connectivity index (χ3v) is 5.57. The number of amides is 1. The van der Waals surface area contributed by atoms with Gasteiger partial charge in [0.1, 0.15) is 0 Å². The van der Waals surface area contributed by atoms with Crippen LogP contribution in [0.1, 0.15) is 45.9 Å². The molecule has 1 amide bonds. The van der Waals surface area contributed by atoms with Crippen LogP contribution in [0.4, 0.5) is 11.6 Å². The van der Waals surface area contributed by atoms with Crippen molar-refractivity contribution in [1.82, 2.24) is 14.9 Å². The van der Waals surface area contributed by atoms with Gasteiger partial charge in [-0.3, -0.25) is 4.79 Å². The minimum absolute atomic E-state index is 0.111. The molecule has 0 spiro atoms. The molecule has 2 aromatic carbocycles. The molecule has 1 N–H and O–H groups in total. The average molecular weight is 386 g/mol. The minimum Gasteiger partial charge on any atom is -0.338 e. The highest BCUT2D eigenvalue weighted by atomic mass is 16.2. The highest BCUT2D eigenvalue weighted by Gasteiger charge is 2.27. The summed E-state index contributed by atoms with van der Waals surface area (Å²) in [5.41, 5.74) is 4.95. The van der Waals surface area contributed by atoms with E-state index in [0.29, 0.717) is 12.5 Å². The van der Waals surface area contributed by atoms with Gasteiger partial charge in [-0.15, -0.1) is 0 Å². The van der Waals surface area contributed by atoms with Crippen LogP contribution in [0.3, 0.4) is 0 Å². The first-order valence-corrected chi connectivity index (χ1v) is 10.1. The number of nitrogens with one attached hydrogen (secondary N) is 1. The molecule has 3 aromatic rings. The summed E-state index contributed by atoms with van der Waals surface area (Å²) < 4.78 is 0. The van der Waals surface area contributed by atoms with Crippen LogP contribution < -0.4 is 5.32 Å². The molecule has 1 atom stereocenters. The minimum atomic E-state index is 0.111. The van der Waals surface area contributed by atoms with E-state index in [1.54, 1.807) is 6.20 Å². The Morgan fingerprint density at radius 3 is 2.59 bits per heavy atom. The van der Waals surface area contributed by atoms with Gasteiger partial charge in [-0.25, -0.2) is 9.97 Å². The zero-order chi connectivity index (χ0) is 20.2. The molecule has 1 aliphatic rings. The van der Waals surface area contributed by atoms with Crippen molar-refractivity contribution in [1.29, 1.82) is 0 Å². The first-order chi connectivity index (χ1) is 14.1. The second-order valence-electron chi connectivity index (χ2n) is 7.65. The smallest absolute Gasteiger partial charge is 0.254 e. The molecular formula is C24H26N4O. The summed E-state index contributed by atoms with van der Waals surface area (Å²) in [6, 6.07) is 17.9. The molecule has 5 nitrogen and oxygen atoms in total. The predicted molar refractivity (Wildman–Crippen MR) is 116 cm³/mol. The number of carbonyl (C=O) groups excluding carboxylic acids is 1. The first-order valence-electron chi connectivity index (χ1n) is 10.1. The van der Waals surface area contributed by atoms with Crippen molar-refractivity contribution in [2.24, 2.45) is 0 Å². The Bertz CT molecular complexity index is 1020. The summed E-state index contributed by atoms with van der Waals surface area (Å²) in [6.45, 7) is 5.53. The lowest BCUT2D eigenvalue weighted by Crippen LogP contribution is -2.39. The average Bonchev–Trinajstić information content (AvgIpc) is 2.76. The van der Waals surface area contributed by atoms with Crippen LogP contribution in [0.25, 0.3) is 0 Å². The van der Waals surface area contributed by atoms with Crippen LogP contribution in [-0.4, -0.2) is 33.9 Å². The van der Waals surface area contributed by atoms with Gasteiger partial charge in [-0.2, -0.15) is 0 Å². The van der Waals surface area contributed by atoms with Crippen molar-refractivity contribution < 1.29 is 4.79 Å². The van der Waals surface area contributed by atoms with Gasteiger partial charge in [-0.05, 0) is 56.0 Å². The quantitative estimate of drug-likeness (QED) is 0.696. The lowest BCUT2D eigenvalue weighted by atomic mass is 9.93. The monoisotopic (exact) mass is 386 g/mol. The van der Waals surface area contributed by atoms with Crippen LogP contribution in [0, 0.1) is 13.8 Å². The molecule has 1 aliphatic heterocycles. The molecule has 0 radical (unpaired) electrons. The van der Waals surface area contributed by atoms with Crippen molar-refractivity contribution in [2.75, 3.05) is 18.4 Å². The number of rotatable bonds is 4. The number of likely N-dealkylation sites (tertiary alicyclic amines) is 1. The number of carbonyl (C=O) groups is 1. The van der Waals surface area contributed by atoms with Crippen molar-refractivity contribution in [3.05, 3.63) is 83.2 Å². The maximum absolute atomic E-state index is 13.0. The third kappa shape index (κ3) is 4.29. The fourth-order valence-corrected chi connectivity index (χ4v) is 3.88. The molecule has 0 saturated carbocycles. The van der Waals surface area contributed by atoms with E-state index in [2.05, 4.69) is 23.3 Å². The van der Waals surface area contributed by atoms with Gasteiger partial charge in [0.2, 0.25) is 5.95 Å². The van der Waals surface area contributed by atoms with Gasteiger partial charge in [-0.1, -0.05) is 36.4 Å². The van der Waals surface area contributed by atoms with E-state index in [1.165, 1.54) is 0 Å². The van der Waals surface area contributed by atoms with E-state index in [-0.39, 0.29) is 11.8 Å². The summed E-state index contributed by atoms with van der Waals surface area (Å²) >= 11 is 0. The molecule has 0 bridgehead atoms. The van der Waals surface area contributed by atoms with Crippen molar-refractivity contribution in [3.8, 4) is 0 Å². The molecule has 29 heavy (non-hydrogen) atoms. The fraction of sp³-hybridized carbons (Fsp3) is 0.292. The molecule has 1 fully saturated rings. The van der Waals surface area contributed by atoms with Gasteiger partial charge in [0, 0.05) is 36.5 Å². The first kappa shape index (κ1) is 19.1. The van der Waals surface area contributed by atoms with Crippen LogP contribution in [0.2, 0.25) is 0 Å². The zero-order valence-corrected chi connectivity index (χ0v) is 16.9. The highest BCUT2D eigenvalue weighted by molar-refractivity contribution is 5.95. The topological polar surface area (TPSA) is 58.1 Å². The Hall–Kier alpha value is -3.21. The summed E-state index contributed by atoms with van der Waals surface area (Å²) in [5, 5.41) is 3.32. The molecular weight excluding hydrogens is 360 g/mol. The largest absolute Gasteiger partial charge is 0.338 e. The lowest BCUT2D eigenvalue weighted by Gasteiger charge is -2.33. The fourth-order valence-electron chi connectivity index (χ4n) is 3.88. The van der Waals surface area contributed by atoms with E-state index >= 15 is 0 Å². The summed E-state index contributed by atoms with van der Waals surface area (Å²) in [6.07, 6.45) is 3.80. The Labute approximate surface area is 171 Å². The maximum Gasteiger partial charge on any atom is 0.254 e. The number of para-hydroxylation sites is 1. The maximum atomic E-state index is 13.0. The molecule has 4 rings (SSSR count). The Morgan fingerprint density at radius 1 is 1.03 bits per heavy atom. The van der Waals surface area contributed by atoms with Gasteiger partial charge >= 0.3 is 0 Å². The zero-order valence-electron chi connectivity index (χ0n) is 16.9. The van der Waals surface area contributed by atoms with Crippen LogP contribution in [0.5, 0.6) is 0 Å². The number of benzene rings is 2. The van der Waals surface area contributed by atoms with Crippen molar-refractivity contribution >= 4 is 17.5 Å². The van der Waals surface area contributed by atoms with Crippen molar-refractivity contribution in [2.45, 2.75) is 32.6 Å². The number of nitrogens with zero attached hydrogens (tertiary/aromatic N) is 3. The second kappa shape index (κ2) is 8.43. The molecule has 1 aromatic heterocycles. The van der Waals surface area contributed by atoms with E-state index in [9.17, 15) is 4.79 Å². The Kier molecular flexibility index (Phi) is 5.56. The number of hydrogen-bond donors (Lipinski definition) is 1. The van der Waals surface area contributed by atoms with Crippen molar-refractivity contribution in [3.63, 3.8) is 0 Å². The SMILES string of the molecule is Cc1ccccc1Nc1nccc(C2CCCN(C(=O)c3ccccc3C)C2)n1. The van der Waals surface area contributed by atoms with E-state index in [4.69, 9.17) is 4.98 Å². The normalized spacial score (nSPS) is 16.5. The predicted octanol–water partition coefficient (Wildman–Crippen LogP) is 4.86. The number of aryl methyl sites for hydroxylation is 2. The summed E-state index contributed by atoms with van der Waals surface area (Å²) in [5.74, 6) is 0.927. The van der Waals surface area contributed by atoms with E-state index < -0.39 is 0 Å². The molecule has 0 aliphatic carbocycles. The number of anilines is 2. The second-order valence-corrected chi connectivity index (χ2v) is 7.65. The summed E-state index contributed by atoms with van der Waals surface area (Å²) in [7, 11) is 0. The standard InChI is InChI=1S/C24H26N4O/c1-17-8-3-5-11-20(17)23(29)28-15-7-10-19(16-28)22-13-14-25-24(27-22)26-21-12-6-4-9-18(21)2/h3-6,8-9,11-14,19H,7,10,15-16H2,1-2H3,(H,25,26,27).